The largest absolute Gasteiger partial charge is 0.327 e. The lowest BCUT2D eigenvalue weighted by Crippen LogP contribution is -2.40. The zero-order valence-electron chi connectivity index (χ0n) is 19.2. The number of nitrogens with zero attached hydrogens (tertiary/aromatic N) is 2. The number of nitrogens with one attached hydrogen (secondary N) is 1. The molecule has 0 bridgehead atoms. The van der Waals surface area contributed by atoms with E-state index in [1.807, 2.05) is 36.6 Å². The Hall–Kier alpha value is -2.55. The molecule has 172 valence electrons. The van der Waals surface area contributed by atoms with Crippen molar-refractivity contribution in [3.8, 4) is 11.1 Å². The average molecular weight is 459 g/mol. The summed E-state index contributed by atoms with van der Waals surface area (Å²) in [5.41, 5.74) is 8.15. The van der Waals surface area contributed by atoms with Gasteiger partial charge in [0, 0.05) is 23.6 Å². The lowest BCUT2D eigenvalue weighted by molar-refractivity contribution is 0.491. The van der Waals surface area contributed by atoms with Gasteiger partial charge >= 0.3 is 0 Å². The smallest absolute Gasteiger partial charge is 0.241 e. The van der Waals surface area contributed by atoms with Crippen molar-refractivity contribution in [2.24, 2.45) is 5.73 Å². The normalized spacial score (nSPS) is 13.3. The minimum absolute atomic E-state index is 0.0698. The van der Waals surface area contributed by atoms with Gasteiger partial charge in [-0.05, 0) is 50.6 Å². The highest BCUT2D eigenvalue weighted by Crippen LogP contribution is 2.32. The average Bonchev–Trinajstić information content (AvgIpc) is 3.05. The van der Waals surface area contributed by atoms with Crippen molar-refractivity contribution in [2.75, 3.05) is 6.54 Å². The monoisotopic (exact) mass is 458 g/mol. The van der Waals surface area contributed by atoms with Crippen molar-refractivity contribution in [1.82, 2.24) is 14.3 Å². The Bertz CT molecular complexity index is 1240. The van der Waals surface area contributed by atoms with Gasteiger partial charge in [0.1, 0.15) is 11.7 Å². The maximum absolute atomic E-state index is 14.3. The second kappa shape index (κ2) is 9.13. The van der Waals surface area contributed by atoms with E-state index in [1.165, 1.54) is 6.08 Å². The van der Waals surface area contributed by atoms with Gasteiger partial charge in [0.15, 0.2) is 0 Å². The van der Waals surface area contributed by atoms with Gasteiger partial charge in [-0.25, -0.2) is 22.5 Å². The standard InChI is InChI=1S/C24H31FN4O2S/c1-16(2)23-27-22-20(7-6-8-21(22)29(23)15-18(25)13-14-26)17-9-11-19(12-10-17)32(30,31)28-24(3,4)5/h6-13,16,28H,14-15,26H2,1-5H3/b18-13-. The fourth-order valence-electron chi connectivity index (χ4n) is 3.62. The molecule has 2 aromatic carbocycles. The van der Waals surface area contributed by atoms with Crippen LogP contribution in [0, 0.1) is 0 Å². The molecule has 32 heavy (non-hydrogen) atoms. The van der Waals surface area contributed by atoms with Crippen molar-refractivity contribution in [1.29, 1.82) is 0 Å². The van der Waals surface area contributed by atoms with Gasteiger partial charge in [0.25, 0.3) is 0 Å². The fourth-order valence-corrected chi connectivity index (χ4v) is 5.04. The van der Waals surface area contributed by atoms with Crippen LogP contribution in [0.1, 0.15) is 46.4 Å². The molecule has 0 aliphatic carbocycles. The van der Waals surface area contributed by atoms with E-state index in [1.54, 1.807) is 45.0 Å². The third-order valence-electron chi connectivity index (χ3n) is 4.89. The van der Waals surface area contributed by atoms with E-state index in [0.29, 0.717) is 0 Å². The lowest BCUT2D eigenvalue weighted by atomic mass is 10.0. The summed E-state index contributed by atoms with van der Waals surface area (Å²) in [6.07, 6.45) is 1.37. The Balaban J connectivity index is 2.07. The third kappa shape index (κ3) is 5.26. The van der Waals surface area contributed by atoms with Gasteiger partial charge in [0.2, 0.25) is 10.0 Å². The van der Waals surface area contributed by atoms with Gasteiger partial charge in [-0.3, -0.25) is 0 Å². The number of para-hydroxylation sites is 1. The SMILES string of the molecule is CC(C)c1nc2c(-c3ccc(S(=O)(=O)NC(C)(C)C)cc3)cccc2n1C/C(F)=C/CN. The van der Waals surface area contributed by atoms with Crippen LogP contribution >= 0.6 is 0 Å². The van der Waals surface area contributed by atoms with Crippen LogP contribution in [-0.2, 0) is 16.6 Å². The highest BCUT2D eigenvalue weighted by molar-refractivity contribution is 7.89. The molecule has 0 atom stereocenters. The summed E-state index contributed by atoms with van der Waals surface area (Å²) < 4.78 is 44.1. The Morgan fingerprint density at radius 3 is 2.41 bits per heavy atom. The molecule has 0 saturated carbocycles. The number of hydrogen-bond acceptors (Lipinski definition) is 4. The molecule has 3 N–H and O–H groups in total. The Kier molecular flexibility index (Phi) is 6.88. The second-order valence-corrected chi connectivity index (χ2v) is 10.8. The molecule has 0 unspecified atom stereocenters. The summed E-state index contributed by atoms with van der Waals surface area (Å²) in [5.74, 6) is 0.568. The number of halogens is 1. The number of nitrogens with two attached hydrogens (primary N) is 1. The number of allylic oxidation sites excluding steroid dienone is 1. The van der Waals surface area contributed by atoms with Crippen molar-refractivity contribution >= 4 is 21.1 Å². The van der Waals surface area contributed by atoms with Gasteiger partial charge < -0.3 is 10.3 Å². The van der Waals surface area contributed by atoms with Crippen molar-refractivity contribution in [3.05, 3.63) is 60.2 Å². The Morgan fingerprint density at radius 1 is 1.19 bits per heavy atom. The summed E-state index contributed by atoms with van der Waals surface area (Å²) in [6, 6.07) is 12.5. The van der Waals surface area contributed by atoms with Crippen molar-refractivity contribution in [2.45, 2.75) is 57.5 Å². The van der Waals surface area contributed by atoms with Gasteiger partial charge in [-0.15, -0.1) is 0 Å². The molecular formula is C24H31FN4O2S. The van der Waals surface area contributed by atoms with Crippen LogP contribution in [0.25, 0.3) is 22.2 Å². The van der Waals surface area contributed by atoms with Crippen molar-refractivity contribution in [3.63, 3.8) is 0 Å². The Labute approximate surface area is 189 Å². The maximum atomic E-state index is 14.3. The molecule has 0 aliphatic rings. The molecule has 0 radical (unpaired) electrons. The number of rotatable bonds is 7. The zero-order chi connectivity index (χ0) is 23.7. The molecule has 1 aromatic heterocycles. The maximum Gasteiger partial charge on any atom is 0.241 e. The molecule has 0 spiro atoms. The molecule has 6 nitrogen and oxygen atoms in total. The minimum Gasteiger partial charge on any atom is -0.327 e. The number of imidazole rings is 1. The fraction of sp³-hybridized carbons (Fsp3) is 0.375. The number of benzene rings is 2. The van der Waals surface area contributed by atoms with Crippen LogP contribution < -0.4 is 10.5 Å². The van der Waals surface area contributed by atoms with Crippen LogP contribution in [0.4, 0.5) is 4.39 Å². The number of sulfonamides is 1. The predicted octanol–water partition coefficient (Wildman–Crippen LogP) is 4.72. The first kappa shape index (κ1) is 24.1. The predicted molar refractivity (Wildman–Crippen MR) is 128 cm³/mol. The highest BCUT2D eigenvalue weighted by Gasteiger charge is 2.22. The first-order valence-electron chi connectivity index (χ1n) is 10.6. The van der Waals surface area contributed by atoms with E-state index in [-0.39, 0.29) is 29.7 Å². The van der Waals surface area contributed by atoms with Crippen molar-refractivity contribution < 1.29 is 12.8 Å². The van der Waals surface area contributed by atoms with Crippen LogP contribution in [0.3, 0.4) is 0 Å². The molecule has 3 aromatic rings. The van der Waals surface area contributed by atoms with E-state index in [2.05, 4.69) is 4.72 Å². The summed E-state index contributed by atoms with van der Waals surface area (Å²) >= 11 is 0. The summed E-state index contributed by atoms with van der Waals surface area (Å²) in [5, 5.41) is 0. The lowest BCUT2D eigenvalue weighted by Gasteiger charge is -2.20. The van der Waals surface area contributed by atoms with Gasteiger partial charge in [0.05, 0.1) is 22.5 Å². The molecule has 3 rings (SSSR count). The minimum atomic E-state index is -3.62. The number of hydrogen-bond donors (Lipinski definition) is 2. The van der Waals surface area contributed by atoms with E-state index < -0.39 is 15.6 Å². The summed E-state index contributed by atoms with van der Waals surface area (Å²) in [6.45, 7) is 9.64. The van der Waals surface area contributed by atoms with Gasteiger partial charge in [-0.1, -0.05) is 38.1 Å². The molecule has 0 fully saturated rings. The second-order valence-electron chi connectivity index (χ2n) is 9.15. The molecule has 1 heterocycles. The molecule has 8 heteroatoms. The van der Waals surface area contributed by atoms with Gasteiger partial charge in [-0.2, -0.15) is 0 Å². The first-order chi connectivity index (χ1) is 14.9. The van der Waals surface area contributed by atoms with E-state index >= 15 is 0 Å². The molecule has 0 saturated heterocycles. The first-order valence-corrected chi connectivity index (χ1v) is 12.1. The van der Waals surface area contributed by atoms with E-state index in [4.69, 9.17) is 10.7 Å². The zero-order valence-corrected chi connectivity index (χ0v) is 20.0. The van der Waals surface area contributed by atoms with Crippen LogP contribution in [0.15, 0.2) is 59.3 Å². The summed E-state index contributed by atoms with van der Waals surface area (Å²) in [7, 11) is -3.62. The van der Waals surface area contributed by atoms with Crippen LogP contribution in [-0.4, -0.2) is 30.1 Å². The number of fused-ring (bicyclic) bond motifs is 1. The van der Waals surface area contributed by atoms with Crippen LogP contribution in [0.5, 0.6) is 0 Å². The Morgan fingerprint density at radius 2 is 1.84 bits per heavy atom. The molecule has 0 amide bonds. The molecule has 0 aliphatic heterocycles. The molecular weight excluding hydrogens is 427 g/mol. The topological polar surface area (TPSA) is 90.0 Å². The summed E-state index contributed by atoms with van der Waals surface area (Å²) in [4.78, 5) is 5.03. The number of aromatic nitrogens is 2. The quantitative estimate of drug-likeness (QED) is 0.536. The van der Waals surface area contributed by atoms with E-state index in [9.17, 15) is 12.8 Å². The van der Waals surface area contributed by atoms with Crippen LogP contribution in [0.2, 0.25) is 0 Å². The van der Waals surface area contributed by atoms with E-state index in [0.717, 1.165) is 28.0 Å². The highest BCUT2D eigenvalue weighted by atomic mass is 32.2. The third-order valence-corrected chi connectivity index (χ3v) is 6.66.